The molecule has 6 aromatic rings. The Morgan fingerprint density at radius 3 is 1.89 bits per heavy atom. The summed E-state index contributed by atoms with van der Waals surface area (Å²) in [6.45, 7) is 6.01. The first-order valence-corrected chi connectivity index (χ1v) is 31.3. The summed E-state index contributed by atoms with van der Waals surface area (Å²) in [5, 5.41) is 32.3. The zero-order chi connectivity index (χ0) is 51.6. The first-order chi connectivity index (χ1) is 35.6. The predicted octanol–water partition coefficient (Wildman–Crippen LogP) is 10.9. The van der Waals surface area contributed by atoms with Gasteiger partial charge in [0.05, 0.1) is 52.9 Å². The summed E-state index contributed by atoms with van der Waals surface area (Å²) in [6.07, 6.45) is 18.4. The number of anilines is 4. The average Bonchev–Trinajstić information content (AvgIpc) is 3.90. The molecule has 74 heavy (non-hydrogen) atoms. The van der Waals surface area contributed by atoms with Gasteiger partial charge in [0, 0.05) is 102 Å². The summed E-state index contributed by atoms with van der Waals surface area (Å²) < 4.78 is 51.8. The SMILES string of the molecule is CC(C)OC(=O)N[C@H]1CC[C@H](c2ncc(-c3ccc(Nc4cn(CCC(C)OC(=O)N[C@H]5CC[C@H](c6ncc(-c7ccc(Nc8cn(C)nn8)cc7P7(=O)CCCC7)s6)CC5)nn4)cc3S(=N)(=O)C3CC3)s2)CC1. The molecule has 0 bridgehead atoms. The highest BCUT2D eigenvalue weighted by molar-refractivity contribution is 7.93. The van der Waals surface area contributed by atoms with Crippen molar-refractivity contribution in [1.82, 2.24) is 50.6 Å². The number of ether oxygens (including phenoxy) is 2. The molecule has 4 aromatic heterocycles. The molecule has 5 N–H and O–H groups in total. The van der Waals surface area contributed by atoms with Gasteiger partial charge in [-0.15, -0.1) is 32.9 Å². The maximum Gasteiger partial charge on any atom is 0.407 e. The number of thiazole rings is 2. The third-order valence-electron chi connectivity index (χ3n) is 14.5. The molecule has 2 unspecified atom stereocenters. The standard InChI is InChI=1S/C51H66N13O6PS3/c1-31(2)69-50(65)57-35-11-7-34(8-12-35)49-54-28-44(73-49)41-20-16-38(26-45(41)74(52,68)39-17-18-39)56-47-30-64(62-60-47)22-21-32(3)70-51(66)58-36-13-9-33(10-14-36)48-53-27-43(72-48)40-19-15-37(55-46-29-63(4)61-59-46)25-42(40)71(67)23-5-6-24-71/h15-16,19-20,25-36,39,52,55-56H,5-14,17-18,21-24H2,1-4H3,(H,57,65)(H,58,66)/t32?,33-,34-,35-,36-,74?. The van der Waals surface area contributed by atoms with Crippen molar-refractivity contribution in [2.45, 2.75) is 157 Å². The summed E-state index contributed by atoms with van der Waals surface area (Å²) in [4.78, 5) is 37.3. The van der Waals surface area contributed by atoms with Crippen molar-refractivity contribution in [1.29, 1.82) is 4.78 Å². The third kappa shape index (κ3) is 12.3. The molecule has 2 amide bonds. The lowest BCUT2D eigenvalue weighted by Gasteiger charge is -2.28. The number of rotatable bonds is 18. The van der Waals surface area contributed by atoms with Crippen LogP contribution in [0.2, 0.25) is 0 Å². The molecule has 3 aliphatic carbocycles. The normalized spacial score (nSPS) is 21.9. The van der Waals surface area contributed by atoms with Crippen molar-refractivity contribution in [2.75, 3.05) is 23.0 Å². The summed E-state index contributed by atoms with van der Waals surface area (Å²) in [5.74, 6) is 1.68. The molecule has 0 spiro atoms. The zero-order valence-corrected chi connectivity index (χ0v) is 45.7. The molecule has 19 nitrogen and oxygen atoms in total. The molecule has 0 radical (unpaired) electrons. The van der Waals surface area contributed by atoms with Gasteiger partial charge in [-0.05, 0) is 122 Å². The Morgan fingerprint density at radius 2 is 1.31 bits per heavy atom. The van der Waals surface area contributed by atoms with Gasteiger partial charge in [0.1, 0.15) is 13.2 Å². The number of hydrogen-bond donors (Lipinski definition) is 5. The van der Waals surface area contributed by atoms with Gasteiger partial charge >= 0.3 is 12.2 Å². The van der Waals surface area contributed by atoms with Crippen molar-refractivity contribution >= 4 is 80.0 Å². The predicted molar refractivity (Wildman–Crippen MR) is 289 cm³/mol. The average molecular weight is 1080 g/mol. The smallest absolute Gasteiger partial charge is 0.407 e. The molecule has 4 fully saturated rings. The number of benzene rings is 2. The molecular formula is C51H66N13O6PS3. The number of carbonyl (C=O) groups is 2. The fraction of sp³-hybridized carbons (Fsp3) is 0.529. The highest BCUT2D eigenvalue weighted by Crippen LogP contribution is 2.54. The van der Waals surface area contributed by atoms with Crippen LogP contribution in [0.5, 0.6) is 0 Å². The van der Waals surface area contributed by atoms with Crippen LogP contribution in [0.1, 0.15) is 126 Å². The highest BCUT2D eigenvalue weighted by Gasteiger charge is 2.37. The minimum Gasteiger partial charge on any atom is -0.447 e. The lowest BCUT2D eigenvalue weighted by molar-refractivity contribution is 0.0937. The number of aromatic nitrogens is 8. The molecule has 10 rings (SSSR count). The molecule has 394 valence electrons. The summed E-state index contributed by atoms with van der Waals surface area (Å²) in [7, 11) is -3.81. The van der Waals surface area contributed by atoms with Crippen molar-refractivity contribution in [3.63, 3.8) is 0 Å². The second-order valence-corrected chi connectivity index (χ2v) is 28.2. The highest BCUT2D eigenvalue weighted by atomic mass is 32.2. The van der Waals surface area contributed by atoms with E-state index in [9.17, 15) is 18.4 Å². The zero-order valence-electron chi connectivity index (χ0n) is 42.3. The van der Waals surface area contributed by atoms with E-state index in [1.807, 2.05) is 76.7 Å². The summed E-state index contributed by atoms with van der Waals surface area (Å²) >= 11 is 3.27. The minimum absolute atomic E-state index is 0.00732. The minimum atomic E-state index is -3.08. The first-order valence-electron chi connectivity index (χ1n) is 26.0. The molecule has 2 aromatic carbocycles. The van der Waals surface area contributed by atoms with E-state index in [1.54, 1.807) is 38.2 Å². The van der Waals surface area contributed by atoms with Crippen LogP contribution in [0.3, 0.4) is 0 Å². The van der Waals surface area contributed by atoms with E-state index in [-0.39, 0.29) is 47.5 Å². The number of nitrogens with one attached hydrogen (secondary N) is 5. The van der Waals surface area contributed by atoms with Crippen LogP contribution in [0.15, 0.2) is 66.1 Å². The lowest BCUT2D eigenvalue weighted by atomic mass is 9.86. The number of carbonyl (C=O) groups excluding carboxylic acids is 2. The van der Waals surface area contributed by atoms with Crippen molar-refractivity contribution < 1.29 is 27.8 Å². The van der Waals surface area contributed by atoms with Crippen LogP contribution in [-0.2, 0) is 37.4 Å². The van der Waals surface area contributed by atoms with Gasteiger partial charge in [0.25, 0.3) is 0 Å². The monoisotopic (exact) mass is 1080 g/mol. The summed E-state index contributed by atoms with van der Waals surface area (Å²) in [5.41, 5.74) is 3.26. The maximum absolute atomic E-state index is 14.3. The third-order valence-corrected chi connectivity index (χ3v) is 22.6. The quantitative estimate of drug-likeness (QED) is 0.0503. The van der Waals surface area contributed by atoms with Gasteiger partial charge in [0.15, 0.2) is 11.6 Å². The van der Waals surface area contributed by atoms with E-state index in [4.69, 9.17) is 24.2 Å². The molecule has 5 heterocycles. The van der Waals surface area contributed by atoms with Crippen molar-refractivity contribution in [2.24, 2.45) is 7.05 Å². The van der Waals surface area contributed by atoms with Crippen LogP contribution in [0.4, 0.5) is 32.6 Å². The lowest BCUT2D eigenvalue weighted by Crippen LogP contribution is -2.39. The second-order valence-electron chi connectivity index (χ2n) is 20.7. The molecule has 1 saturated heterocycles. The maximum atomic E-state index is 14.3. The fourth-order valence-corrected chi connectivity index (χ4v) is 17.9. The largest absolute Gasteiger partial charge is 0.447 e. The Labute approximate surface area is 440 Å². The van der Waals surface area contributed by atoms with Crippen molar-refractivity contribution in [3.8, 4) is 20.9 Å². The first kappa shape index (κ1) is 51.8. The topological polar surface area (TPSA) is 246 Å². The Hall–Kier alpha value is -5.70. The number of nitrogens with zero attached hydrogens (tertiary/aromatic N) is 8. The molecule has 2 atom stereocenters. The molecule has 3 saturated carbocycles. The molecular weight excluding hydrogens is 1020 g/mol. The number of hydrogen-bond acceptors (Lipinski definition) is 17. The van der Waals surface area contributed by atoms with Crippen molar-refractivity contribution in [3.05, 3.63) is 71.2 Å². The van der Waals surface area contributed by atoms with E-state index in [0.29, 0.717) is 35.2 Å². The van der Waals surface area contributed by atoms with E-state index in [2.05, 4.69) is 48.0 Å². The van der Waals surface area contributed by atoms with E-state index < -0.39 is 23.0 Å². The number of alkyl carbamates (subject to hydrolysis) is 2. The van der Waals surface area contributed by atoms with Gasteiger partial charge in [0.2, 0.25) is 0 Å². The van der Waals surface area contributed by atoms with E-state index in [0.717, 1.165) is 131 Å². The molecule has 1 aliphatic heterocycles. The Bertz CT molecular complexity index is 3100. The van der Waals surface area contributed by atoms with Gasteiger partial charge in [-0.3, -0.25) is 9.36 Å². The van der Waals surface area contributed by atoms with Gasteiger partial charge in [-0.25, -0.2) is 28.5 Å². The van der Waals surface area contributed by atoms with Gasteiger partial charge in [-0.1, -0.05) is 22.6 Å². The second kappa shape index (κ2) is 22.3. The Kier molecular flexibility index (Phi) is 15.6. The van der Waals surface area contributed by atoms with E-state index >= 15 is 0 Å². The Balaban J connectivity index is 0.690. The molecule has 23 heteroatoms. The van der Waals surface area contributed by atoms with Crippen LogP contribution in [0, 0.1) is 4.78 Å². The van der Waals surface area contributed by atoms with E-state index in [1.165, 1.54) is 0 Å². The van der Waals surface area contributed by atoms with Gasteiger partial charge < -0.3 is 35.3 Å². The van der Waals surface area contributed by atoms with Crippen LogP contribution in [-0.4, -0.2) is 98.2 Å². The number of aryl methyl sites for hydroxylation is 2. The van der Waals surface area contributed by atoms with Crippen LogP contribution in [0.25, 0.3) is 20.9 Å². The fourth-order valence-electron chi connectivity index (χ4n) is 10.4. The Morgan fingerprint density at radius 1 is 0.757 bits per heavy atom. The van der Waals surface area contributed by atoms with Gasteiger partial charge in [-0.2, -0.15) is 0 Å². The molecule has 4 aliphatic rings. The number of amides is 2. The van der Waals surface area contributed by atoms with Crippen LogP contribution >= 0.6 is 29.8 Å². The van der Waals surface area contributed by atoms with Crippen LogP contribution < -0.4 is 26.6 Å². The summed E-state index contributed by atoms with van der Waals surface area (Å²) in [6, 6.07) is 11.8.